The standard InChI is InChI=1S/C17H24N2O6S/c1-19(2)26(22,23)15-10-12(8-9-14(15)24-3)17(21)25-11-16(20)18-13-6-4-5-7-13/h8-10,13H,4-7,11H2,1-3H3,(H,18,20). The van der Waals surface area contributed by atoms with Gasteiger partial charge < -0.3 is 14.8 Å². The summed E-state index contributed by atoms with van der Waals surface area (Å²) in [5.74, 6) is -1.02. The molecule has 0 radical (unpaired) electrons. The Hall–Kier alpha value is -2.13. The van der Waals surface area contributed by atoms with Gasteiger partial charge in [0.1, 0.15) is 10.6 Å². The van der Waals surface area contributed by atoms with Gasteiger partial charge in [0.05, 0.1) is 12.7 Å². The van der Waals surface area contributed by atoms with Crippen LogP contribution in [0.3, 0.4) is 0 Å². The van der Waals surface area contributed by atoms with Crippen LogP contribution in [0.25, 0.3) is 0 Å². The van der Waals surface area contributed by atoms with Crippen molar-refractivity contribution in [3.8, 4) is 5.75 Å². The zero-order chi connectivity index (χ0) is 19.3. The third-order valence-electron chi connectivity index (χ3n) is 4.21. The first-order valence-electron chi connectivity index (χ1n) is 8.32. The fourth-order valence-electron chi connectivity index (χ4n) is 2.76. The number of hydrogen-bond acceptors (Lipinski definition) is 6. The summed E-state index contributed by atoms with van der Waals surface area (Å²) in [7, 11) is 0.305. The van der Waals surface area contributed by atoms with Crippen molar-refractivity contribution < 1.29 is 27.5 Å². The second kappa shape index (κ2) is 8.50. The summed E-state index contributed by atoms with van der Waals surface area (Å²) in [6.07, 6.45) is 4.03. The van der Waals surface area contributed by atoms with E-state index < -0.39 is 22.6 Å². The van der Waals surface area contributed by atoms with E-state index in [1.54, 1.807) is 0 Å². The Morgan fingerprint density at radius 3 is 2.46 bits per heavy atom. The number of methoxy groups -OCH3 is 1. The molecule has 9 heteroatoms. The number of carbonyl (C=O) groups excluding carboxylic acids is 2. The van der Waals surface area contributed by atoms with Crippen LogP contribution in [0.1, 0.15) is 36.0 Å². The van der Waals surface area contributed by atoms with E-state index in [2.05, 4.69) is 5.32 Å². The summed E-state index contributed by atoms with van der Waals surface area (Å²) in [4.78, 5) is 23.9. The van der Waals surface area contributed by atoms with Crippen LogP contribution in [-0.4, -0.2) is 58.5 Å². The van der Waals surface area contributed by atoms with Gasteiger partial charge in [-0.3, -0.25) is 4.79 Å². The first-order chi connectivity index (χ1) is 12.3. The van der Waals surface area contributed by atoms with Gasteiger partial charge in [-0.25, -0.2) is 17.5 Å². The van der Waals surface area contributed by atoms with Crippen LogP contribution in [0.4, 0.5) is 0 Å². The topological polar surface area (TPSA) is 102 Å². The Bertz CT molecular complexity index is 769. The number of esters is 1. The van der Waals surface area contributed by atoms with E-state index in [4.69, 9.17) is 9.47 Å². The molecule has 2 rings (SSSR count). The Morgan fingerprint density at radius 1 is 1.23 bits per heavy atom. The number of nitrogens with one attached hydrogen (secondary N) is 1. The lowest BCUT2D eigenvalue weighted by atomic mass is 10.2. The smallest absolute Gasteiger partial charge is 0.338 e. The Balaban J connectivity index is 2.07. The van der Waals surface area contributed by atoms with Gasteiger partial charge in [-0.2, -0.15) is 0 Å². The van der Waals surface area contributed by atoms with Crippen molar-refractivity contribution in [1.82, 2.24) is 9.62 Å². The molecular weight excluding hydrogens is 360 g/mol. The molecule has 0 saturated heterocycles. The number of sulfonamides is 1. The van der Waals surface area contributed by atoms with Crippen LogP contribution >= 0.6 is 0 Å². The quantitative estimate of drug-likeness (QED) is 0.708. The molecule has 1 N–H and O–H groups in total. The van der Waals surface area contributed by atoms with Gasteiger partial charge in [0.25, 0.3) is 5.91 Å². The summed E-state index contributed by atoms with van der Waals surface area (Å²) in [5.41, 5.74) is 0.0277. The highest BCUT2D eigenvalue weighted by molar-refractivity contribution is 7.89. The average Bonchev–Trinajstić information content (AvgIpc) is 3.11. The first-order valence-corrected chi connectivity index (χ1v) is 9.76. The van der Waals surface area contributed by atoms with Crippen molar-refractivity contribution in [2.75, 3.05) is 27.8 Å². The summed E-state index contributed by atoms with van der Waals surface area (Å²) in [6.45, 7) is -0.406. The van der Waals surface area contributed by atoms with E-state index in [9.17, 15) is 18.0 Å². The Labute approximate surface area is 153 Å². The third-order valence-corrected chi connectivity index (χ3v) is 6.05. The molecular formula is C17H24N2O6S. The Morgan fingerprint density at radius 2 is 1.88 bits per heavy atom. The van der Waals surface area contributed by atoms with E-state index in [0.717, 1.165) is 30.0 Å². The predicted octanol–water partition coefficient (Wildman–Crippen LogP) is 1.16. The summed E-state index contributed by atoms with van der Waals surface area (Å²) < 4.78 is 35.8. The van der Waals surface area contributed by atoms with E-state index in [-0.39, 0.29) is 28.2 Å². The molecule has 0 heterocycles. The van der Waals surface area contributed by atoms with Crippen molar-refractivity contribution in [3.63, 3.8) is 0 Å². The normalized spacial score (nSPS) is 15.1. The number of ether oxygens (including phenoxy) is 2. The van der Waals surface area contributed by atoms with Gasteiger partial charge in [-0.15, -0.1) is 0 Å². The van der Waals surface area contributed by atoms with Crippen LogP contribution in [0.15, 0.2) is 23.1 Å². The largest absolute Gasteiger partial charge is 0.495 e. The van der Waals surface area contributed by atoms with Gasteiger partial charge in [0.2, 0.25) is 10.0 Å². The Kier molecular flexibility index (Phi) is 6.60. The monoisotopic (exact) mass is 384 g/mol. The van der Waals surface area contributed by atoms with Crippen molar-refractivity contribution in [1.29, 1.82) is 0 Å². The molecule has 1 fully saturated rings. The molecule has 1 amide bonds. The van der Waals surface area contributed by atoms with Crippen LogP contribution in [0, 0.1) is 0 Å². The number of nitrogens with zero attached hydrogens (tertiary/aromatic N) is 1. The molecule has 1 saturated carbocycles. The number of carbonyl (C=O) groups is 2. The van der Waals surface area contributed by atoms with Crippen LogP contribution in [0.2, 0.25) is 0 Å². The second-order valence-corrected chi connectivity index (χ2v) is 8.40. The van der Waals surface area contributed by atoms with E-state index in [0.29, 0.717) is 0 Å². The van der Waals surface area contributed by atoms with Crippen LogP contribution in [0.5, 0.6) is 5.75 Å². The molecule has 1 aliphatic carbocycles. The highest BCUT2D eigenvalue weighted by Gasteiger charge is 2.24. The van der Waals surface area contributed by atoms with E-state index >= 15 is 0 Å². The minimum atomic E-state index is -3.80. The summed E-state index contributed by atoms with van der Waals surface area (Å²) >= 11 is 0. The predicted molar refractivity (Wildman–Crippen MR) is 94.5 cm³/mol. The molecule has 26 heavy (non-hydrogen) atoms. The summed E-state index contributed by atoms with van der Waals surface area (Å²) in [5, 5.41) is 2.82. The number of rotatable bonds is 7. The van der Waals surface area contributed by atoms with Gasteiger partial charge in [0.15, 0.2) is 6.61 Å². The molecule has 8 nitrogen and oxygen atoms in total. The SMILES string of the molecule is COc1ccc(C(=O)OCC(=O)NC2CCCC2)cc1S(=O)(=O)N(C)C. The molecule has 0 bridgehead atoms. The minimum absolute atomic E-state index is 0.0277. The zero-order valence-corrected chi connectivity index (χ0v) is 16.0. The number of amides is 1. The van der Waals surface area contributed by atoms with E-state index in [1.165, 1.54) is 39.4 Å². The van der Waals surface area contributed by atoms with Gasteiger partial charge in [-0.05, 0) is 31.0 Å². The maximum absolute atomic E-state index is 12.4. The minimum Gasteiger partial charge on any atom is -0.495 e. The lowest BCUT2D eigenvalue weighted by molar-refractivity contribution is -0.124. The van der Waals surface area contributed by atoms with Gasteiger partial charge in [-0.1, -0.05) is 12.8 Å². The zero-order valence-electron chi connectivity index (χ0n) is 15.1. The fraction of sp³-hybridized carbons (Fsp3) is 0.529. The highest BCUT2D eigenvalue weighted by Crippen LogP contribution is 2.27. The molecule has 1 aromatic carbocycles. The maximum atomic E-state index is 12.4. The second-order valence-electron chi connectivity index (χ2n) is 6.28. The molecule has 1 aliphatic rings. The van der Waals surface area contributed by atoms with Gasteiger partial charge >= 0.3 is 5.97 Å². The maximum Gasteiger partial charge on any atom is 0.338 e. The van der Waals surface area contributed by atoms with Crippen LogP contribution in [-0.2, 0) is 19.6 Å². The molecule has 0 unspecified atom stereocenters. The lowest BCUT2D eigenvalue weighted by Gasteiger charge is -2.15. The first kappa shape index (κ1) is 20.2. The van der Waals surface area contributed by atoms with Crippen molar-refractivity contribution in [3.05, 3.63) is 23.8 Å². The molecule has 0 atom stereocenters. The highest BCUT2D eigenvalue weighted by atomic mass is 32.2. The molecule has 1 aromatic rings. The van der Waals surface area contributed by atoms with Gasteiger partial charge in [0, 0.05) is 20.1 Å². The average molecular weight is 384 g/mol. The van der Waals surface area contributed by atoms with E-state index in [1.807, 2.05) is 0 Å². The molecule has 0 spiro atoms. The molecule has 144 valence electrons. The number of hydrogen-bond donors (Lipinski definition) is 1. The fourth-order valence-corrected chi connectivity index (χ4v) is 3.83. The van der Waals surface area contributed by atoms with Crippen molar-refractivity contribution in [2.24, 2.45) is 0 Å². The lowest BCUT2D eigenvalue weighted by Crippen LogP contribution is -2.35. The third kappa shape index (κ3) is 4.73. The van der Waals surface area contributed by atoms with Crippen molar-refractivity contribution >= 4 is 21.9 Å². The molecule has 0 aliphatic heterocycles. The van der Waals surface area contributed by atoms with Crippen molar-refractivity contribution in [2.45, 2.75) is 36.6 Å². The molecule has 0 aromatic heterocycles. The summed E-state index contributed by atoms with van der Waals surface area (Å²) in [6, 6.07) is 4.10. The van der Waals surface area contributed by atoms with Crippen LogP contribution < -0.4 is 10.1 Å². The number of benzene rings is 1.